The zero-order valence-electron chi connectivity index (χ0n) is 12.3. The average Bonchev–Trinajstić information content (AvgIpc) is 2.74. The van der Waals surface area contributed by atoms with Gasteiger partial charge in [0, 0.05) is 19.2 Å². The Kier molecular flexibility index (Phi) is 4.14. The molecule has 106 valence electrons. The van der Waals surface area contributed by atoms with Gasteiger partial charge in [-0.25, -0.2) is 0 Å². The average molecular weight is 263 g/mol. The first kappa shape index (κ1) is 14.3. The summed E-state index contributed by atoms with van der Waals surface area (Å²) < 4.78 is 0. The van der Waals surface area contributed by atoms with E-state index in [0.29, 0.717) is 19.5 Å². The zero-order valence-corrected chi connectivity index (χ0v) is 12.3. The Morgan fingerprint density at radius 3 is 2.79 bits per heavy atom. The molecule has 19 heavy (non-hydrogen) atoms. The quantitative estimate of drug-likeness (QED) is 0.778. The lowest BCUT2D eigenvalue weighted by Gasteiger charge is -2.32. The fourth-order valence-corrected chi connectivity index (χ4v) is 3.21. The number of hydrogen-bond acceptors (Lipinski definition) is 2. The highest BCUT2D eigenvalue weighted by Gasteiger charge is 2.27. The molecule has 1 N–H and O–H groups in total. The fourth-order valence-electron chi connectivity index (χ4n) is 3.21. The number of hydrogen-bond donors (Lipinski definition) is 1. The van der Waals surface area contributed by atoms with E-state index in [1.165, 1.54) is 24.0 Å². The number of nitrogens with zero attached hydrogens (tertiary/aromatic N) is 1. The molecule has 2 aliphatic rings. The van der Waals surface area contributed by atoms with Gasteiger partial charge in [0.05, 0.1) is 6.10 Å². The van der Waals surface area contributed by atoms with E-state index in [1.807, 2.05) is 6.08 Å². The summed E-state index contributed by atoms with van der Waals surface area (Å²) in [7, 11) is 0. The summed E-state index contributed by atoms with van der Waals surface area (Å²) in [5.41, 5.74) is 2.89. The summed E-state index contributed by atoms with van der Waals surface area (Å²) in [4.78, 5) is 13.8. The van der Waals surface area contributed by atoms with E-state index in [-0.39, 0.29) is 17.4 Å². The molecule has 1 fully saturated rings. The highest BCUT2D eigenvalue weighted by Crippen LogP contribution is 2.40. The van der Waals surface area contributed by atoms with Gasteiger partial charge < -0.3 is 10.0 Å². The van der Waals surface area contributed by atoms with E-state index in [9.17, 15) is 9.90 Å². The number of aliphatic hydroxyl groups is 1. The topological polar surface area (TPSA) is 40.5 Å². The minimum atomic E-state index is -0.343. The van der Waals surface area contributed by atoms with Crippen molar-refractivity contribution in [1.29, 1.82) is 0 Å². The molecule has 0 bridgehead atoms. The van der Waals surface area contributed by atoms with E-state index in [1.54, 1.807) is 11.0 Å². The summed E-state index contributed by atoms with van der Waals surface area (Å²) in [6, 6.07) is 0. The number of allylic oxidation sites excluding steroid dienone is 3. The van der Waals surface area contributed by atoms with Crippen LogP contribution in [0.4, 0.5) is 0 Å². The Morgan fingerprint density at radius 1 is 1.47 bits per heavy atom. The van der Waals surface area contributed by atoms with Crippen molar-refractivity contribution in [1.82, 2.24) is 4.90 Å². The molecule has 1 amide bonds. The second kappa shape index (κ2) is 5.49. The van der Waals surface area contributed by atoms with Crippen LogP contribution in [0.1, 0.15) is 46.5 Å². The van der Waals surface area contributed by atoms with Crippen LogP contribution in [0, 0.1) is 5.41 Å². The first-order chi connectivity index (χ1) is 8.90. The number of likely N-dealkylation sites (tertiary alicyclic amines) is 1. The van der Waals surface area contributed by atoms with Crippen molar-refractivity contribution in [3.8, 4) is 0 Å². The standard InChI is InChI=1S/C16H25NO2/c1-12-5-4-9-16(2,3)14(12)6-7-15(19)17-10-8-13(18)11-17/h6-7,13,18H,4-5,8-11H2,1-3H3/t13-/m0/s1. The maximum atomic E-state index is 12.1. The Morgan fingerprint density at radius 2 is 2.21 bits per heavy atom. The van der Waals surface area contributed by atoms with Gasteiger partial charge in [0.2, 0.25) is 5.91 Å². The summed E-state index contributed by atoms with van der Waals surface area (Å²) in [6.07, 6.45) is 7.60. The molecule has 1 aliphatic heterocycles. The van der Waals surface area contributed by atoms with Gasteiger partial charge in [0.15, 0.2) is 0 Å². The number of carbonyl (C=O) groups excluding carboxylic acids is 1. The summed E-state index contributed by atoms with van der Waals surface area (Å²) in [5.74, 6) is 0.0261. The molecule has 0 aromatic carbocycles. The molecule has 0 unspecified atom stereocenters. The second-order valence-corrected chi connectivity index (χ2v) is 6.49. The largest absolute Gasteiger partial charge is 0.391 e. The van der Waals surface area contributed by atoms with Crippen LogP contribution in [0.5, 0.6) is 0 Å². The number of rotatable bonds is 2. The number of aliphatic hydroxyl groups excluding tert-OH is 1. The molecule has 0 spiro atoms. The van der Waals surface area contributed by atoms with Crippen molar-refractivity contribution >= 4 is 5.91 Å². The molecule has 0 aromatic rings. The molecular weight excluding hydrogens is 238 g/mol. The summed E-state index contributed by atoms with van der Waals surface area (Å²) in [6.45, 7) is 7.82. The van der Waals surface area contributed by atoms with Gasteiger partial charge in [-0.05, 0) is 43.6 Å². The van der Waals surface area contributed by atoms with Gasteiger partial charge in [0.25, 0.3) is 0 Å². The molecule has 0 saturated carbocycles. The molecule has 1 atom stereocenters. The fraction of sp³-hybridized carbons (Fsp3) is 0.688. The maximum Gasteiger partial charge on any atom is 0.246 e. The molecule has 3 nitrogen and oxygen atoms in total. The zero-order chi connectivity index (χ0) is 14.0. The molecular formula is C16H25NO2. The van der Waals surface area contributed by atoms with Crippen LogP contribution in [-0.2, 0) is 4.79 Å². The molecule has 1 heterocycles. The summed E-state index contributed by atoms with van der Waals surface area (Å²) >= 11 is 0. The van der Waals surface area contributed by atoms with E-state index < -0.39 is 0 Å². The normalized spacial score (nSPS) is 27.4. The molecule has 0 radical (unpaired) electrons. The van der Waals surface area contributed by atoms with Gasteiger partial charge in [-0.1, -0.05) is 25.5 Å². The first-order valence-electron chi connectivity index (χ1n) is 7.25. The SMILES string of the molecule is CC1=C(C=CC(=O)N2CC[C@H](O)C2)C(C)(C)CCC1. The smallest absolute Gasteiger partial charge is 0.246 e. The molecule has 1 aliphatic carbocycles. The van der Waals surface area contributed by atoms with Crippen molar-refractivity contribution in [3.63, 3.8) is 0 Å². The van der Waals surface area contributed by atoms with Crippen LogP contribution < -0.4 is 0 Å². The molecule has 3 heteroatoms. The number of β-amino-alcohol motifs (C(OH)–C–C–N with tert-alkyl or cyclic N) is 1. The summed E-state index contributed by atoms with van der Waals surface area (Å²) in [5, 5.41) is 9.46. The lowest BCUT2D eigenvalue weighted by molar-refractivity contribution is -0.125. The second-order valence-electron chi connectivity index (χ2n) is 6.49. The third-order valence-corrected chi connectivity index (χ3v) is 4.41. The van der Waals surface area contributed by atoms with Crippen LogP contribution in [0.3, 0.4) is 0 Å². The minimum Gasteiger partial charge on any atom is -0.391 e. The predicted octanol–water partition coefficient (Wildman–Crippen LogP) is 2.66. The third-order valence-electron chi connectivity index (χ3n) is 4.41. The van der Waals surface area contributed by atoms with Crippen LogP contribution in [-0.4, -0.2) is 35.1 Å². The van der Waals surface area contributed by atoms with Gasteiger partial charge >= 0.3 is 0 Å². The Labute approximate surface area is 116 Å². The van der Waals surface area contributed by atoms with Gasteiger partial charge in [-0.3, -0.25) is 4.79 Å². The monoisotopic (exact) mass is 263 g/mol. The van der Waals surface area contributed by atoms with Crippen molar-refractivity contribution in [2.45, 2.75) is 52.6 Å². The van der Waals surface area contributed by atoms with E-state index in [0.717, 1.165) is 6.42 Å². The lowest BCUT2D eigenvalue weighted by Crippen LogP contribution is -2.28. The van der Waals surface area contributed by atoms with E-state index >= 15 is 0 Å². The minimum absolute atomic E-state index is 0.0261. The Hall–Kier alpha value is -1.09. The van der Waals surface area contributed by atoms with Crippen LogP contribution in [0.15, 0.2) is 23.3 Å². The highest BCUT2D eigenvalue weighted by molar-refractivity contribution is 5.88. The Bertz CT molecular complexity index is 420. The van der Waals surface area contributed by atoms with E-state index in [4.69, 9.17) is 0 Å². The van der Waals surface area contributed by atoms with Gasteiger partial charge in [-0.15, -0.1) is 0 Å². The van der Waals surface area contributed by atoms with Crippen LogP contribution >= 0.6 is 0 Å². The number of carbonyl (C=O) groups is 1. The van der Waals surface area contributed by atoms with Crippen molar-refractivity contribution in [2.75, 3.05) is 13.1 Å². The van der Waals surface area contributed by atoms with Crippen molar-refractivity contribution in [2.24, 2.45) is 5.41 Å². The van der Waals surface area contributed by atoms with Gasteiger partial charge in [-0.2, -0.15) is 0 Å². The molecule has 0 aromatic heterocycles. The predicted molar refractivity (Wildman–Crippen MR) is 76.7 cm³/mol. The molecule has 2 rings (SSSR count). The maximum absolute atomic E-state index is 12.1. The van der Waals surface area contributed by atoms with E-state index in [2.05, 4.69) is 20.8 Å². The first-order valence-corrected chi connectivity index (χ1v) is 7.25. The number of amides is 1. The van der Waals surface area contributed by atoms with Crippen LogP contribution in [0.2, 0.25) is 0 Å². The van der Waals surface area contributed by atoms with Gasteiger partial charge in [0.1, 0.15) is 0 Å². The molecule has 1 saturated heterocycles. The van der Waals surface area contributed by atoms with Crippen molar-refractivity contribution in [3.05, 3.63) is 23.3 Å². The lowest BCUT2D eigenvalue weighted by atomic mass is 9.72. The third kappa shape index (κ3) is 3.27. The highest BCUT2D eigenvalue weighted by atomic mass is 16.3. The van der Waals surface area contributed by atoms with Crippen LogP contribution in [0.25, 0.3) is 0 Å². The van der Waals surface area contributed by atoms with Crippen molar-refractivity contribution < 1.29 is 9.90 Å². The Balaban J connectivity index is 2.07.